The Labute approximate surface area is 174 Å². The van der Waals surface area contributed by atoms with E-state index in [2.05, 4.69) is 10.6 Å². The second kappa shape index (κ2) is 9.37. The average molecular weight is 419 g/mol. The molecule has 2 amide bonds. The highest BCUT2D eigenvalue weighted by Crippen LogP contribution is 2.34. The SMILES string of the molecule is COCCNC(=O)c1ccc(CC2CC2NC(=O)c2ccc(C)cc2Cl)cc1F. The van der Waals surface area contributed by atoms with Gasteiger partial charge in [-0.1, -0.05) is 23.7 Å². The zero-order valence-corrected chi connectivity index (χ0v) is 17.2. The molecule has 1 aliphatic rings. The fraction of sp³-hybridized carbons (Fsp3) is 0.364. The van der Waals surface area contributed by atoms with Crippen LogP contribution in [0.25, 0.3) is 0 Å². The van der Waals surface area contributed by atoms with E-state index < -0.39 is 11.7 Å². The van der Waals surface area contributed by atoms with Gasteiger partial charge >= 0.3 is 0 Å². The van der Waals surface area contributed by atoms with Gasteiger partial charge in [-0.2, -0.15) is 0 Å². The van der Waals surface area contributed by atoms with Gasteiger partial charge in [0.15, 0.2) is 0 Å². The van der Waals surface area contributed by atoms with Gasteiger partial charge in [0.1, 0.15) is 5.82 Å². The number of amides is 2. The third-order valence-corrected chi connectivity index (χ3v) is 5.29. The van der Waals surface area contributed by atoms with Crippen LogP contribution < -0.4 is 10.6 Å². The number of hydrogen-bond acceptors (Lipinski definition) is 3. The molecule has 2 atom stereocenters. The molecule has 0 radical (unpaired) electrons. The zero-order valence-electron chi connectivity index (χ0n) is 16.4. The van der Waals surface area contributed by atoms with E-state index in [-0.39, 0.29) is 23.4 Å². The standard InChI is InChI=1S/C22H24ClFN2O3/c1-13-3-5-16(18(23)9-13)22(28)26-20-12-15(20)10-14-4-6-17(19(24)11-14)21(27)25-7-8-29-2/h3-6,9,11,15,20H,7-8,10,12H2,1-2H3,(H,25,27)(H,26,28). The van der Waals surface area contributed by atoms with Crippen LogP contribution >= 0.6 is 11.6 Å². The van der Waals surface area contributed by atoms with E-state index in [1.165, 1.54) is 19.2 Å². The molecule has 1 aliphatic carbocycles. The zero-order chi connectivity index (χ0) is 21.0. The number of benzene rings is 2. The normalized spacial score (nSPS) is 17.7. The average Bonchev–Trinajstić information content (AvgIpc) is 3.38. The number of ether oxygens (including phenoxy) is 1. The molecule has 29 heavy (non-hydrogen) atoms. The molecule has 7 heteroatoms. The van der Waals surface area contributed by atoms with Gasteiger partial charge in [0.25, 0.3) is 11.8 Å². The van der Waals surface area contributed by atoms with Crippen LogP contribution in [0.1, 0.15) is 38.3 Å². The number of nitrogens with one attached hydrogen (secondary N) is 2. The van der Waals surface area contributed by atoms with Gasteiger partial charge in [-0.15, -0.1) is 0 Å². The van der Waals surface area contributed by atoms with Crippen LogP contribution in [0.15, 0.2) is 36.4 Å². The molecule has 0 heterocycles. The van der Waals surface area contributed by atoms with E-state index in [0.717, 1.165) is 17.5 Å². The van der Waals surface area contributed by atoms with Crippen molar-refractivity contribution in [1.82, 2.24) is 10.6 Å². The monoisotopic (exact) mass is 418 g/mol. The number of carbonyl (C=O) groups is 2. The predicted octanol–water partition coefficient (Wildman–Crippen LogP) is 3.52. The van der Waals surface area contributed by atoms with E-state index in [1.54, 1.807) is 18.2 Å². The Morgan fingerprint density at radius 3 is 2.62 bits per heavy atom. The maximum atomic E-state index is 14.3. The molecular formula is C22H24ClFN2O3. The van der Waals surface area contributed by atoms with Crippen molar-refractivity contribution >= 4 is 23.4 Å². The van der Waals surface area contributed by atoms with Gasteiger partial charge < -0.3 is 15.4 Å². The Balaban J connectivity index is 1.53. The summed E-state index contributed by atoms with van der Waals surface area (Å²) in [5.41, 5.74) is 2.26. The number of hydrogen-bond donors (Lipinski definition) is 2. The molecule has 154 valence electrons. The highest BCUT2D eigenvalue weighted by atomic mass is 35.5. The van der Waals surface area contributed by atoms with Crippen molar-refractivity contribution in [3.05, 3.63) is 69.5 Å². The molecule has 0 saturated heterocycles. The van der Waals surface area contributed by atoms with Gasteiger partial charge in [0.2, 0.25) is 0 Å². The molecule has 3 rings (SSSR count). The van der Waals surface area contributed by atoms with Crippen molar-refractivity contribution in [2.45, 2.75) is 25.8 Å². The topological polar surface area (TPSA) is 67.4 Å². The van der Waals surface area contributed by atoms with Crippen LogP contribution in [0.2, 0.25) is 5.02 Å². The first-order valence-electron chi connectivity index (χ1n) is 9.51. The number of aryl methyl sites for hydroxylation is 1. The second-order valence-corrected chi connectivity index (χ2v) is 7.73. The number of halogens is 2. The van der Waals surface area contributed by atoms with Gasteiger partial charge in [0, 0.05) is 19.7 Å². The van der Waals surface area contributed by atoms with E-state index in [0.29, 0.717) is 30.2 Å². The van der Waals surface area contributed by atoms with Crippen LogP contribution in [0.3, 0.4) is 0 Å². The maximum Gasteiger partial charge on any atom is 0.254 e. The summed E-state index contributed by atoms with van der Waals surface area (Å²) >= 11 is 6.15. The summed E-state index contributed by atoms with van der Waals surface area (Å²) in [5.74, 6) is -0.969. The van der Waals surface area contributed by atoms with Crippen LogP contribution in [-0.2, 0) is 11.2 Å². The van der Waals surface area contributed by atoms with Gasteiger partial charge in [-0.05, 0) is 61.1 Å². The lowest BCUT2D eigenvalue weighted by Gasteiger charge is -2.09. The lowest BCUT2D eigenvalue weighted by atomic mass is 10.0. The minimum Gasteiger partial charge on any atom is -0.383 e. The molecule has 2 unspecified atom stereocenters. The molecule has 2 aromatic rings. The summed E-state index contributed by atoms with van der Waals surface area (Å²) in [6, 6.07) is 10.0. The van der Waals surface area contributed by atoms with Crippen LogP contribution in [-0.4, -0.2) is 38.1 Å². The second-order valence-electron chi connectivity index (χ2n) is 7.33. The summed E-state index contributed by atoms with van der Waals surface area (Å²) in [6.45, 7) is 2.61. The molecule has 0 spiro atoms. The van der Waals surface area contributed by atoms with Crippen LogP contribution in [0.5, 0.6) is 0 Å². The highest BCUT2D eigenvalue weighted by Gasteiger charge is 2.38. The fourth-order valence-corrected chi connectivity index (χ4v) is 3.56. The van der Waals surface area contributed by atoms with Crippen LogP contribution in [0.4, 0.5) is 4.39 Å². The minimum atomic E-state index is -0.551. The molecule has 5 nitrogen and oxygen atoms in total. The van der Waals surface area contributed by atoms with Crippen molar-refractivity contribution in [2.75, 3.05) is 20.3 Å². The molecule has 0 aliphatic heterocycles. The Bertz CT molecular complexity index is 919. The lowest BCUT2D eigenvalue weighted by molar-refractivity contribution is 0.0929. The van der Waals surface area contributed by atoms with Crippen LogP contribution in [0, 0.1) is 18.7 Å². The molecular weight excluding hydrogens is 395 g/mol. The van der Waals surface area contributed by atoms with E-state index in [4.69, 9.17) is 16.3 Å². The highest BCUT2D eigenvalue weighted by molar-refractivity contribution is 6.33. The predicted molar refractivity (Wildman–Crippen MR) is 110 cm³/mol. The van der Waals surface area contributed by atoms with Gasteiger partial charge in [-0.3, -0.25) is 9.59 Å². The molecule has 1 fully saturated rings. The molecule has 1 saturated carbocycles. The van der Waals surface area contributed by atoms with Crippen molar-refractivity contribution < 1.29 is 18.7 Å². The summed E-state index contributed by atoms with van der Waals surface area (Å²) < 4.78 is 19.2. The van der Waals surface area contributed by atoms with Crippen molar-refractivity contribution in [1.29, 1.82) is 0 Å². The summed E-state index contributed by atoms with van der Waals surface area (Å²) in [4.78, 5) is 24.4. The third-order valence-electron chi connectivity index (χ3n) is 4.98. The summed E-state index contributed by atoms with van der Waals surface area (Å²) in [5, 5.41) is 6.02. The van der Waals surface area contributed by atoms with Crippen molar-refractivity contribution in [2.24, 2.45) is 5.92 Å². The van der Waals surface area contributed by atoms with Crippen molar-refractivity contribution in [3.8, 4) is 0 Å². The minimum absolute atomic E-state index is 0.0134. The summed E-state index contributed by atoms with van der Waals surface area (Å²) in [6.07, 6.45) is 1.46. The molecule has 0 bridgehead atoms. The Morgan fingerprint density at radius 2 is 1.93 bits per heavy atom. The first-order valence-corrected chi connectivity index (χ1v) is 9.89. The number of carbonyl (C=O) groups excluding carboxylic acids is 2. The largest absolute Gasteiger partial charge is 0.383 e. The van der Waals surface area contributed by atoms with Gasteiger partial charge in [0.05, 0.1) is 22.8 Å². The molecule has 2 N–H and O–H groups in total. The molecule has 2 aromatic carbocycles. The van der Waals surface area contributed by atoms with Gasteiger partial charge in [-0.25, -0.2) is 4.39 Å². The number of methoxy groups -OCH3 is 1. The fourth-order valence-electron chi connectivity index (χ4n) is 3.23. The Morgan fingerprint density at radius 1 is 1.17 bits per heavy atom. The summed E-state index contributed by atoms with van der Waals surface area (Å²) in [7, 11) is 1.53. The van der Waals surface area contributed by atoms with E-state index >= 15 is 0 Å². The number of rotatable bonds is 8. The smallest absolute Gasteiger partial charge is 0.254 e. The molecule has 0 aromatic heterocycles. The Hall–Kier alpha value is -2.44. The Kier molecular flexibility index (Phi) is 6.87. The van der Waals surface area contributed by atoms with E-state index in [9.17, 15) is 14.0 Å². The van der Waals surface area contributed by atoms with E-state index in [1.807, 2.05) is 13.0 Å². The first kappa shape index (κ1) is 21.3. The maximum absolute atomic E-state index is 14.3. The third kappa shape index (κ3) is 5.55. The first-order chi connectivity index (χ1) is 13.9. The lowest BCUT2D eigenvalue weighted by Crippen LogP contribution is -2.28. The van der Waals surface area contributed by atoms with Crippen molar-refractivity contribution in [3.63, 3.8) is 0 Å². The quantitative estimate of drug-likeness (QED) is 0.644.